The number of amides is 2. The number of anilines is 1. The average Bonchev–Trinajstić information content (AvgIpc) is 3.15. The van der Waals surface area contributed by atoms with Crippen LogP contribution in [0.1, 0.15) is 45.8 Å². The van der Waals surface area contributed by atoms with Crippen molar-refractivity contribution in [3.8, 4) is 0 Å². The molecule has 160 valence electrons. The molecule has 8 nitrogen and oxygen atoms in total. The van der Waals surface area contributed by atoms with Gasteiger partial charge in [0.15, 0.2) is 5.13 Å². The lowest BCUT2D eigenvalue weighted by Gasteiger charge is -2.18. The van der Waals surface area contributed by atoms with E-state index >= 15 is 0 Å². The van der Waals surface area contributed by atoms with Gasteiger partial charge in [0, 0.05) is 10.2 Å². The Labute approximate surface area is 181 Å². The Bertz CT molecular complexity index is 1110. The normalized spacial score (nSPS) is 11.7. The van der Waals surface area contributed by atoms with Gasteiger partial charge < -0.3 is 14.8 Å². The lowest BCUT2D eigenvalue weighted by Crippen LogP contribution is -2.27. The zero-order valence-corrected chi connectivity index (χ0v) is 19.0. The molecule has 2 N–H and O–H groups in total. The molecule has 30 heavy (non-hydrogen) atoms. The Balaban J connectivity index is 2.11. The van der Waals surface area contributed by atoms with E-state index in [0.717, 1.165) is 11.3 Å². The second-order valence-corrected chi connectivity index (χ2v) is 9.30. The zero-order chi connectivity index (χ0) is 22.6. The zero-order valence-electron chi connectivity index (χ0n) is 17.4. The lowest BCUT2D eigenvalue weighted by molar-refractivity contribution is 0.0603. The number of thiazole rings is 1. The van der Waals surface area contributed by atoms with E-state index in [2.05, 4.69) is 28.8 Å². The van der Waals surface area contributed by atoms with Crippen molar-refractivity contribution in [3.63, 3.8) is 0 Å². The number of nitrogens with zero attached hydrogens (tertiary/aromatic N) is 1. The molecule has 2 aromatic heterocycles. The molecule has 0 fully saturated rings. The molecule has 2 heterocycles. The Kier molecular flexibility index (Phi) is 7.16. The fourth-order valence-corrected chi connectivity index (χ4v) is 3.95. The van der Waals surface area contributed by atoms with Crippen LogP contribution in [0.4, 0.5) is 9.93 Å². The maximum absolute atomic E-state index is 12.6. The maximum atomic E-state index is 12.6. The summed E-state index contributed by atoms with van der Waals surface area (Å²) in [5.74, 6) is -0.873. The van der Waals surface area contributed by atoms with Crippen LogP contribution in [0.15, 0.2) is 18.3 Å². The second kappa shape index (κ2) is 9.23. The summed E-state index contributed by atoms with van der Waals surface area (Å²) in [6.45, 7) is 14.6. The molecule has 0 saturated heterocycles. The molecule has 10 heteroatoms. The highest BCUT2D eigenvalue weighted by Crippen LogP contribution is 2.23. The van der Waals surface area contributed by atoms with Gasteiger partial charge in [0.25, 0.3) is 5.91 Å². The summed E-state index contributed by atoms with van der Waals surface area (Å²) in [4.78, 5) is 41.0. The molecule has 0 aliphatic heterocycles. The molecule has 0 aromatic carbocycles. The van der Waals surface area contributed by atoms with E-state index in [1.807, 2.05) is 0 Å². The first kappa shape index (κ1) is 23.3. The van der Waals surface area contributed by atoms with Crippen molar-refractivity contribution in [2.75, 3.05) is 12.4 Å². The van der Waals surface area contributed by atoms with Gasteiger partial charge in [-0.25, -0.2) is 14.6 Å². The highest BCUT2D eigenvalue weighted by Gasteiger charge is 2.20. The van der Waals surface area contributed by atoms with Crippen molar-refractivity contribution < 1.29 is 23.9 Å². The van der Waals surface area contributed by atoms with E-state index in [1.54, 1.807) is 39.8 Å². The quantitative estimate of drug-likeness (QED) is 0.680. The first-order valence-corrected chi connectivity index (χ1v) is 10.4. The smallest absolute Gasteiger partial charge is 0.413 e. The monoisotopic (exact) mass is 449 g/mol. The molecule has 2 aromatic rings. The van der Waals surface area contributed by atoms with E-state index in [-0.39, 0.29) is 5.13 Å². The minimum atomic E-state index is -0.650. The van der Waals surface area contributed by atoms with Crippen LogP contribution < -0.4 is 20.4 Å². The van der Waals surface area contributed by atoms with Crippen LogP contribution in [0.2, 0.25) is 0 Å². The van der Waals surface area contributed by atoms with Crippen molar-refractivity contribution in [2.45, 2.75) is 33.3 Å². The van der Waals surface area contributed by atoms with E-state index in [1.165, 1.54) is 18.4 Å². The molecular formula is C20H23N3O5S2. The van der Waals surface area contributed by atoms with Gasteiger partial charge in [-0.15, -0.1) is 11.3 Å². The minimum Gasteiger partial charge on any atom is -0.465 e. The number of rotatable bonds is 5. The van der Waals surface area contributed by atoms with Crippen LogP contribution in [0.25, 0.3) is 12.7 Å². The van der Waals surface area contributed by atoms with E-state index < -0.39 is 23.6 Å². The van der Waals surface area contributed by atoms with Crippen LogP contribution in [-0.2, 0) is 9.47 Å². The minimum absolute atomic E-state index is 0.252. The summed E-state index contributed by atoms with van der Waals surface area (Å²) in [7, 11) is 1.30. The molecule has 0 spiro atoms. The van der Waals surface area contributed by atoms with E-state index in [4.69, 9.17) is 9.47 Å². The molecule has 0 atom stereocenters. The third kappa shape index (κ3) is 6.26. The van der Waals surface area contributed by atoms with Crippen molar-refractivity contribution in [1.82, 2.24) is 10.3 Å². The molecule has 0 aliphatic rings. The van der Waals surface area contributed by atoms with E-state index in [0.29, 0.717) is 30.9 Å². The Morgan fingerprint density at radius 1 is 1.23 bits per heavy atom. The number of methoxy groups -OCH3 is 1. The lowest BCUT2D eigenvalue weighted by atomic mass is 10.2. The number of aryl methyl sites for hydroxylation is 1. The molecule has 0 saturated carbocycles. The van der Waals surface area contributed by atoms with Crippen molar-refractivity contribution >= 4 is 58.4 Å². The first-order chi connectivity index (χ1) is 13.9. The fraction of sp³-hybridized carbons (Fsp3) is 0.300. The van der Waals surface area contributed by atoms with Gasteiger partial charge >= 0.3 is 12.1 Å². The summed E-state index contributed by atoms with van der Waals surface area (Å²) < 4.78 is 10.5. The summed E-state index contributed by atoms with van der Waals surface area (Å²) >= 11 is 2.21. The SMILES string of the molecule is C=C(/C=c1/cc(C(=O)OC)sc1=C)NC(=O)c1sc(NC(=O)OC(C)(C)C)nc1C. The van der Waals surface area contributed by atoms with Gasteiger partial charge in [0.1, 0.15) is 15.4 Å². The number of thiophene rings is 1. The maximum Gasteiger partial charge on any atom is 0.413 e. The van der Waals surface area contributed by atoms with Crippen LogP contribution in [0.5, 0.6) is 0 Å². The molecule has 0 unspecified atom stereocenters. The molecular weight excluding hydrogens is 426 g/mol. The summed E-state index contributed by atoms with van der Waals surface area (Å²) in [6, 6.07) is 1.62. The topological polar surface area (TPSA) is 107 Å². The Hall–Kier alpha value is -2.98. The average molecular weight is 450 g/mol. The number of hydrogen-bond donors (Lipinski definition) is 2. The Morgan fingerprint density at radius 3 is 2.50 bits per heavy atom. The van der Waals surface area contributed by atoms with Crippen molar-refractivity contribution in [1.29, 1.82) is 0 Å². The number of carbonyl (C=O) groups excluding carboxylic acids is 3. The largest absolute Gasteiger partial charge is 0.465 e. The molecule has 0 bridgehead atoms. The van der Waals surface area contributed by atoms with Gasteiger partial charge in [-0.3, -0.25) is 10.1 Å². The second-order valence-electron chi connectivity index (χ2n) is 7.16. The Morgan fingerprint density at radius 2 is 1.90 bits per heavy atom. The number of hydrogen-bond acceptors (Lipinski definition) is 8. The number of nitrogens with one attached hydrogen (secondary N) is 2. The van der Waals surface area contributed by atoms with E-state index in [9.17, 15) is 14.4 Å². The van der Waals surface area contributed by atoms with Gasteiger partial charge in [0.05, 0.1) is 12.8 Å². The summed E-state index contributed by atoms with van der Waals surface area (Å²) in [6.07, 6.45) is 0.960. The predicted molar refractivity (Wildman–Crippen MR) is 118 cm³/mol. The number of carbonyl (C=O) groups is 3. The highest BCUT2D eigenvalue weighted by molar-refractivity contribution is 7.17. The van der Waals surface area contributed by atoms with Crippen LogP contribution >= 0.6 is 22.7 Å². The van der Waals surface area contributed by atoms with Gasteiger partial charge in [-0.2, -0.15) is 0 Å². The predicted octanol–water partition coefficient (Wildman–Crippen LogP) is 2.78. The third-order valence-electron chi connectivity index (χ3n) is 3.44. The molecule has 2 amide bonds. The summed E-state index contributed by atoms with van der Waals surface area (Å²) in [5.41, 5.74) is 0.123. The van der Waals surface area contributed by atoms with Gasteiger partial charge in [-0.05, 0) is 45.1 Å². The number of aromatic nitrogens is 1. The highest BCUT2D eigenvalue weighted by atomic mass is 32.1. The standard InChI is InChI=1S/C20H23N3O5S2/c1-10(8-13-9-14(17(25)27-7)29-12(13)3)21-16(24)15-11(2)22-18(30-15)23-19(26)28-20(4,5)6/h8-9H,1,3H2,2,4-7H3,(H,21,24)(H,22,23,26)/b13-8-. The van der Waals surface area contributed by atoms with Crippen LogP contribution in [0, 0.1) is 6.92 Å². The number of ether oxygens (including phenoxy) is 2. The van der Waals surface area contributed by atoms with Gasteiger partial charge in [-0.1, -0.05) is 24.5 Å². The number of esters is 1. The van der Waals surface area contributed by atoms with Gasteiger partial charge in [0.2, 0.25) is 0 Å². The third-order valence-corrected chi connectivity index (χ3v) is 5.50. The fourth-order valence-electron chi connectivity index (χ4n) is 2.24. The molecule has 0 radical (unpaired) electrons. The number of allylic oxidation sites excluding steroid dienone is 1. The van der Waals surface area contributed by atoms with Crippen LogP contribution in [-0.4, -0.2) is 35.7 Å². The molecule has 2 rings (SSSR count). The first-order valence-electron chi connectivity index (χ1n) is 8.76. The van der Waals surface area contributed by atoms with Crippen molar-refractivity contribution in [3.05, 3.63) is 43.5 Å². The van der Waals surface area contributed by atoms with Crippen LogP contribution in [0.3, 0.4) is 0 Å². The van der Waals surface area contributed by atoms with Crippen molar-refractivity contribution in [2.24, 2.45) is 0 Å². The molecule has 0 aliphatic carbocycles. The summed E-state index contributed by atoms with van der Waals surface area (Å²) in [5, 5.41) is 6.09.